The summed E-state index contributed by atoms with van der Waals surface area (Å²) in [5.41, 5.74) is -1.68. The van der Waals surface area contributed by atoms with Crippen LogP contribution in [0.2, 0.25) is 0 Å². The van der Waals surface area contributed by atoms with Crippen LogP contribution in [0.5, 0.6) is 0 Å². The molecule has 0 radical (unpaired) electrons. The fourth-order valence-electron chi connectivity index (χ4n) is 2.24. The Kier molecular flexibility index (Phi) is 4.62. The molecule has 0 spiro atoms. The van der Waals surface area contributed by atoms with Gasteiger partial charge in [0.15, 0.2) is 0 Å². The molecule has 0 unspecified atom stereocenters. The minimum atomic E-state index is -4.17. The third kappa shape index (κ3) is 2.88. The molecule has 0 saturated heterocycles. The van der Waals surface area contributed by atoms with Gasteiger partial charge in [0.05, 0.1) is 6.10 Å². The lowest BCUT2D eigenvalue weighted by atomic mass is 9.79. The number of hydrogen-bond donors (Lipinski definition) is 1. The van der Waals surface area contributed by atoms with Crippen LogP contribution in [0.3, 0.4) is 0 Å². The first kappa shape index (κ1) is 13.8. The quantitative estimate of drug-likeness (QED) is 0.814. The zero-order valence-electron chi connectivity index (χ0n) is 9.86. The highest BCUT2D eigenvalue weighted by molar-refractivity contribution is 4.99. The molecule has 96 valence electrons. The maximum absolute atomic E-state index is 13.0. The highest BCUT2D eigenvalue weighted by Gasteiger charge is 2.55. The van der Waals surface area contributed by atoms with Crippen molar-refractivity contribution in [2.75, 3.05) is 13.7 Å². The Balaban J connectivity index is 2.67. The summed E-state index contributed by atoms with van der Waals surface area (Å²) in [4.78, 5) is 0. The van der Waals surface area contributed by atoms with Crippen LogP contribution in [-0.2, 0) is 4.74 Å². The number of alkyl halides is 3. The van der Waals surface area contributed by atoms with E-state index in [1.807, 2.05) is 6.92 Å². The summed E-state index contributed by atoms with van der Waals surface area (Å²) in [5.74, 6) is 0. The lowest BCUT2D eigenvalue weighted by Crippen LogP contribution is -2.59. The van der Waals surface area contributed by atoms with Gasteiger partial charge in [-0.05, 0) is 38.6 Å². The highest BCUT2D eigenvalue weighted by atomic mass is 19.4. The zero-order valence-corrected chi connectivity index (χ0v) is 9.86. The SMILES string of the molecule is CCCNC1(C(F)(F)F)CCC(OC)CC1. The van der Waals surface area contributed by atoms with Crippen molar-refractivity contribution in [2.24, 2.45) is 0 Å². The van der Waals surface area contributed by atoms with Crippen molar-refractivity contribution in [3.63, 3.8) is 0 Å². The van der Waals surface area contributed by atoms with Gasteiger partial charge in [-0.3, -0.25) is 0 Å². The first-order valence-corrected chi connectivity index (χ1v) is 5.80. The Labute approximate surface area is 94.5 Å². The van der Waals surface area contributed by atoms with Gasteiger partial charge in [-0.25, -0.2) is 0 Å². The van der Waals surface area contributed by atoms with E-state index in [4.69, 9.17) is 4.74 Å². The zero-order chi connectivity index (χ0) is 12.2. The van der Waals surface area contributed by atoms with E-state index in [0.29, 0.717) is 25.8 Å². The molecule has 1 N–H and O–H groups in total. The average molecular weight is 239 g/mol. The second-order valence-corrected chi connectivity index (χ2v) is 4.44. The van der Waals surface area contributed by atoms with Crippen LogP contribution in [0.1, 0.15) is 39.0 Å². The van der Waals surface area contributed by atoms with E-state index in [9.17, 15) is 13.2 Å². The van der Waals surface area contributed by atoms with Crippen LogP contribution in [0.4, 0.5) is 13.2 Å². The van der Waals surface area contributed by atoms with Gasteiger partial charge < -0.3 is 10.1 Å². The monoisotopic (exact) mass is 239 g/mol. The largest absolute Gasteiger partial charge is 0.406 e. The molecule has 0 atom stereocenters. The molecular formula is C11H20F3NO. The van der Waals surface area contributed by atoms with Gasteiger partial charge in [-0.15, -0.1) is 0 Å². The molecule has 1 aliphatic rings. The first-order chi connectivity index (χ1) is 7.45. The van der Waals surface area contributed by atoms with Crippen LogP contribution >= 0.6 is 0 Å². The summed E-state index contributed by atoms with van der Waals surface area (Å²) in [6.45, 7) is 2.29. The number of hydrogen-bond acceptors (Lipinski definition) is 2. The van der Waals surface area contributed by atoms with E-state index in [0.717, 1.165) is 0 Å². The molecule has 0 heterocycles. The average Bonchev–Trinajstić information content (AvgIpc) is 2.25. The van der Waals surface area contributed by atoms with Crippen molar-refractivity contribution < 1.29 is 17.9 Å². The summed E-state index contributed by atoms with van der Waals surface area (Å²) in [5, 5.41) is 2.69. The van der Waals surface area contributed by atoms with E-state index in [2.05, 4.69) is 5.32 Å². The highest BCUT2D eigenvalue weighted by Crippen LogP contribution is 2.42. The van der Waals surface area contributed by atoms with Crippen molar-refractivity contribution in [2.45, 2.75) is 56.8 Å². The molecule has 1 rings (SSSR count). The van der Waals surface area contributed by atoms with E-state index in [-0.39, 0.29) is 18.9 Å². The molecule has 16 heavy (non-hydrogen) atoms. The summed E-state index contributed by atoms with van der Waals surface area (Å²) in [6, 6.07) is 0. The second kappa shape index (κ2) is 5.36. The van der Waals surface area contributed by atoms with Gasteiger partial charge in [-0.1, -0.05) is 6.92 Å². The van der Waals surface area contributed by atoms with Crippen molar-refractivity contribution >= 4 is 0 Å². The van der Waals surface area contributed by atoms with Gasteiger partial charge in [0, 0.05) is 7.11 Å². The number of ether oxygens (including phenoxy) is 1. The van der Waals surface area contributed by atoms with Crippen LogP contribution in [0, 0.1) is 0 Å². The van der Waals surface area contributed by atoms with Crippen molar-refractivity contribution in [3.05, 3.63) is 0 Å². The van der Waals surface area contributed by atoms with E-state index < -0.39 is 11.7 Å². The minimum Gasteiger partial charge on any atom is -0.381 e. The number of methoxy groups -OCH3 is 1. The third-order valence-corrected chi connectivity index (χ3v) is 3.38. The van der Waals surface area contributed by atoms with Gasteiger partial charge in [0.25, 0.3) is 0 Å². The van der Waals surface area contributed by atoms with Gasteiger partial charge in [0.2, 0.25) is 0 Å². The van der Waals surface area contributed by atoms with Crippen molar-refractivity contribution in [1.82, 2.24) is 5.32 Å². The molecule has 0 aromatic rings. The van der Waals surface area contributed by atoms with Gasteiger partial charge >= 0.3 is 6.18 Å². The summed E-state index contributed by atoms with van der Waals surface area (Å²) >= 11 is 0. The van der Waals surface area contributed by atoms with Crippen molar-refractivity contribution in [3.8, 4) is 0 Å². The van der Waals surface area contributed by atoms with Crippen LogP contribution in [-0.4, -0.2) is 31.5 Å². The summed E-state index contributed by atoms with van der Waals surface area (Å²) < 4.78 is 44.2. The smallest absolute Gasteiger partial charge is 0.381 e. The Hall–Kier alpha value is -0.290. The Morgan fingerprint density at radius 1 is 1.31 bits per heavy atom. The molecule has 0 aliphatic heterocycles. The Morgan fingerprint density at radius 3 is 2.25 bits per heavy atom. The lowest BCUT2D eigenvalue weighted by molar-refractivity contribution is -0.210. The predicted molar refractivity (Wildman–Crippen MR) is 56.3 cm³/mol. The molecule has 1 saturated carbocycles. The first-order valence-electron chi connectivity index (χ1n) is 5.80. The molecule has 0 amide bonds. The normalized spacial score (nSPS) is 31.7. The Bertz CT molecular complexity index is 210. The second-order valence-electron chi connectivity index (χ2n) is 4.44. The van der Waals surface area contributed by atoms with E-state index in [1.54, 1.807) is 7.11 Å². The van der Waals surface area contributed by atoms with E-state index >= 15 is 0 Å². The number of nitrogens with one attached hydrogen (secondary N) is 1. The molecule has 0 aromatic carbocycles. The third-order valence-electron chi connectivity index (χ3n) is 3.38. The predicted octanol–water partition coefficient (Wildman–Crippen LogP) is 2.88. The molecule has 2 nitrogen and oxygen atoms in total. The fraction of sp³-hybridized carbons (Fsp3) is 1.00. The van der Waals surface area contributed by atoms with Crippen LogP contribution < -0.4 is 5.32 Å². The molecular weight excluding hydrogens is 219 g/mol. The molecule has 5 heteroatoms. The molecule has 1 fully saturated rings. The van der Waals surface area contributed by atoms with E-state index in [1.165, 1.54) is 0 Å². The van der Waals surface area contributed by atoms with Crippen LogP contribution in [0.15, 0.2) is 0 Å². The van der Waals surface area contributed by atoms with Crippen molar-refractivity contribution in [1.29, 1.82) is 0 Å². The van der Waals surface area contributed by atoms with Gasteiger partial charge in [-0.2, -0.15) is 13.2 Å². The lowest BCUT2D eigenvalue weighted by Gasteiger charge is -2.41. The number of rotatable bonds is 4. The number of halogens is 3. The fourth-order valence-corrected chi connectivity index (χ4v) is 2.24. The maximum Gasteiger partial charge on any atom is 0.406 e. The summed E-state index contributed by atoms with van der Waals surface area (Å²) in [7, 11) is 1.56. The van der Waals surface area contributed by atoms with Crippen LogP contribution in [0.25, 0.3) is 0 Å². The topological polar surface area (TPSA) is 21.3 Å². The van der Waals surface area contributed by atoms with Gasteiger partial charge in [0.1, 0.15) is 5.54 Å². The summed E-state index contributed by atoms with van der Waals surface area (Å²) in [6.07, 6.45) is -2.27. The standard InChI is InChI=1S/C11H20F3NO/c1-3-8-15-10(11(12,13)14)6-4-9(16-2)5-7-10/h9,15H,3-8H2,1-2H3. The molecule has 0 aromatic heterocycles. The maximum atomic E-state index is 13.0. The molecule has 1 aliphatic carbocycles. The minimum absolute atomic E-state index is 0.0149. The Morgan fingerprint density at radius 2 is 1.88 bits per heavy atom. The molecule has 0 bridgehead atoms.